The third-order valence-corrected chi connectivity index (χ3v) is 5.18. The van der Waals surface area contributed by atoms with Gasteiger partial charge in [0.25, 0.3) is 0 Å². The number of nitrogens with one attached hydrogen (secondary N) is 2. The summed E-state index contributed by atoms with van der Waals surface area (Å²) in [6.07, 6.45) is 0. The third kappa shape index (κ3) is 4.80. The van der Waals surface area contributed by atoms with Crippen molar-refractivity contribution in [3.63, 3.8) is 0 Å². The summed E-state index contributed by atoms with van der Waals surface area (Å²) in [4.78, 5) is 12.3. The van der Waals surface area contributed by atoms with Crippen LogP contribution in [0.3, 0.4) is 0 Å². The molecular weight excluding hydrogens is 340 g/mol. The summed E-state index contributed by atoms with van der Waals surface area (Å²) in [5, 5.41) is 2.70. The zero-order chi connectivity index (χ0) is 18.6. The van der Waals surface area contributed by atoms with E-state index >= 15 is 0 Å². The van der Waals surface area contributed by atoms with Gasteiger partial charge in [0.05, 0.1) is 13.2 Å². The summed E-state index contributed by atoms with van der Waals surface area (Å²) in [5.74, 6) is -0.217. The number of rotatable bonds is 6. The van der Waals surface area contributed by atoms with Gasteiger partial charge in [-0.15, -0.1) is 0 Å². The summed E-state index contributed by atoms with van der Waals surface area (Å²) >= 11 is 0. The van der Waals surface area contributed by atoms with E-state index in [1.54, 1.807) is 25.1 Å². The molecule has 2 N–H and O–H groups in total. The van der Waals surface area contributed by atoms with Gasteiger partial charge in [0, 0.05) is 5.69 Å². The van der Waals surface area contributed by atoms with Gasteiger partial charge in [-0.1, -0.05) is 18.2 Å². The van der Waals surface area contributed by atoms with Crippen LogP contribution in [-0.2, 0) is 14.8 Å². The molecular formula is C18H22N2O4S. The minimum absolute atomic E-state index is 0.00482. The van der Waals surface area contributed by atoms with Crippen molar-refractivity contribution in [2.24, 2.45) is 0 Å². The molecule has 134 valence electrons. The first-order valence-electron chi connectivity index (χ1n) is 7.77. The van der Waals surface area contributed by atoms with Crippen LogP contribution in [0.5, 0.6) is 5.75 Å². The highest BCUT2D eigenvalue weighted by Crippen LogP contribution is 2.24. The average Bonchev–Trinajstić information content (AvgIpc) is 2.54. The molecule has 0 heterocycles. The predicted molar refractivity (Wildman–Crippen MR) is 97.3 cm³/mol. The van der Waals surface area contributed by atoms with Crippen LogP contribution in [0.4, 0.5) is 5.69 Å². The molecule has 6 nitrogen and oxygen atoms in total. The Kier molecular flexibility index (Phi) is 5.81. The minimum atomic E-state index is -3.91. The number of sulfonamides is 1. The van der Waals surface area contributed by atoms with Gasteiger partial charge in [0.15, 0.2) is 0 Å². The summed E-state index contributed by atoms with van der Waals surface area (Å²) in [7, 11) is -2.51. The molecule has 2 aromatic carbocycles. The monoisotopic (exact) mass is 362 g/mol. The predicted octanol–water partition coefficient (Wildman–Crippen LogP) is 2.62. The highest BCUT2D eigenvalue weighted by atomic mass is 32.2. The number of hydrogen-bond donors (Lipinski definition) is 2. The molecule has 0 bridgehead atoms. The van der Waals surface area contributed by atoms with E-state index in [1.807, 2.05) is 25.1 Å². The molecule has 0 radical (unpaired) electrons. The van der Waals surface area contributed by atoms with Crippen molar-refractivity contribution in [2.75, 3.05) is 12.4 Å². The van der Waals surface area contributed by atoms with Crippen molar-refractivity contribution >= 4 is 21.6 Å². The number of anilines is 1. The van der Waals surface area contributed by atoms with Gasteiger partial charge in [-0.05, 0) is 56.2 Å². The molecule has 25 heavy (non-hydrogen) atoms. The normalized spacial score (nSPS) is 12.5. The van der Waals surface area contributed by atoms with Crippen molar-refractivity contribution in [1.29, 1.82) is 0 Å². The summed E-state index contributed by atoms with van der Waals surface area (Å²) < 4.78 is 32.7. The molecule has 1 atom stereocenters. The standard InChI is InChI=1S/C18H22N2O4S/c1-12-6-5-7-15(10-12)19-18(21)14(3)20-25(22,23)17-11-13(2)8-9-16(17)24-4/h5-11,14,20H,1-4H3,(H,19,21)/t14-/m0/s1. The fourth-order valence-electron chi connectivity index (χ4n) is 2.32. The van der Waals surface area contributed by atoms with Gasteiger partial charge >= 0.3 is 0 Å². The molecule has 0 aliphatic heterocycles. The lowest BCUT2D eigenvalue weighted by atomic mass is 10.2. The summed E-state index contributed by atoms with van der Waals surface area (Å²) in [6, 6.07) is 11.2. The Labute approximate surface area is 148 Å². The van der Waals surface area contributed by atoms with Crippen LogP contribution in [0.15, 0.2) is 47.4 Å². The van der Waals surface area contributed by atoms with E-state index in [0.29, 0.717) is 5.69 Å². The summed E-state index contributed by atoms with van der Waals surface area (Å²) in [6.45, 7) is 5.18. The van der Waals surface area contributed by atoms with Crippen LogP contribution in [0.2, 0.25) is 0 Å². The SMILES string of the molecule is COc1ccc(C)cc1S(=O)(=O)N[C@@H](C)C(=O)Nc1cccc(C)c1. The van der Waals surface area contributed by atoms with E-state index in [-0.39, 0.29) is 10.6 Å². The van der Waals surface area contributed by atoms with Crippen molar-refractivity contribution in [3.05, 3.63) is 53.6 Å². The fourth-order valence-corrected chi connectivity index (χ4v) is 3.77. The molecule has 1 amide bonds. The van der Waals surface area contributed by atoms with Gasteiger partial charge in [0.2, 0.25) is 15.9 Å². The van der Waals surface area contributed by atoms with Crippen molar-refractivity contribution in [2.45, 2.75) is 31.7 Å². The minimum Gasteiger partial charge on any atom is -0.495 e. The van der Waals surface area contributed by atoms with Crippen LogP contribution in [0.25, 0.3) is 0 Å². The highest BCUT2D eigenvalue weighted by Gasteiger charge is 2.25. The molecule has 0 unspecified atom stereocenters. The number of carbonyl (C=O) groups excluding carboxylic acids is 1. The second-order valence-corrected chi connectivity index (χ2v) is 7.54. The number of hydrogen-bond acceptors (Lipinski definition) is 4. The molecule has 0 saturated carbocycles. The van der Waals surface area contributed by atoms with E-state index in [9.17, 15) is 13.2 Å². The van der Waals surface area contributed by atoms with Crippen LogP contribution in [0.1, 0.15) is 18.1 Å². The Morgan fingerprint density at radius 2 is 1.76 bits per heavy atom. The van der Waals surface area contributed by atoms with Crippen molar-refractivity contribution < 1.29 is 17.9 Å². The Morgan fingerprint density at radius 3 is 2.40 bits per heavy atom. The average molecular weight is 362 g/mol. The van der Waals surface area contributed by atoms with E-state index < -0.39 is 22.0 Å². The lowest BCUT2D eigenvalue weighted by molar-refractivity contribution is -0.117. The molecule has 2 rings (SSSR count). The molecule has 0 aliphatic rings. The lowest BCUT2D eigenvalue weighted by Gasteiger charge is -2.16. The molecule has 0 fully saturated rings. The second kappa shape index (κ2) is 7.67. The Hall–Kier alpha value is -2.38. The number of benzene rings is 2. The molecule has 0 spiro atoms. The van der Waals surface area contributed by atoms with E-state index in [0.717, 1.165) is 11.1 Å². The molecule has 0 saturated heterocycles. The number of carbonyl (C=O) groups is 1. The smallest absolute Gasteiger partial charge is 0.244 e. The van der Waals surface area contributed by atoms with Gasteiger partial charge in [-0.2, -0.15) is 4.72 Å². The fraction of sp³-hybridized carbons (Fsp3) is 0.278. The van der Waals surface area contributed by atoms with E-state index in [2.05, 4.69) is 10.0 Å². The zero-order valence-corrected chi connectivity index (χ0v) is 15.5. The number of amides is 1. The Morgan fingerprint density at radius 1 is 1.08 bits per heavy atom. The van der Waals surface area contributed by atoms with Crippen LogP contribution < -0.4 is 14.8 Å². The third-order valence-electron chi connectivity index (χ3n) is 3.62. The lowest BCUT2D eigenvalue weighted by Crippen LogP contribution is -2.41. The van der Waals surface area contributed by atoms with Gasteiger partial charge in [0.1, 0.15) is 10.6 Å². The Balaban J connectivity index is 2.17. The second-order valence-electron chi connectivity index (χ2n) is 5.86. The van der Waals surface area contributed by atoms with Gasteiger partial charge < -0.3 is 10.1 Å². The van der Waals surface area contributed by atoms with E-state index in [1.165, 1.54) is 20.1 Å². The van der Waals surface area contributed by atoms with Crippen molar-refractivity contribution in [1.82, 2.24) is 4.72 Å². The van der Waals surface area contributed by atoms with E-state index in [4.69, 9.17) is 4.74 Å². The number of aryl methyl sites for hydroxylation is 2. The molecule has 0 aliphatic carbocycles. The Bertz CT molecular complexity index is 878. The first-order valence-corrected chi connectivity index (χ1v) is 9.26. The highest BCUT2D eigenvalue weighted by molar-refractivity contribution is 7.89. The molecule has 2 aromatic rings. The quantitative estimate of drug-likeness (QED) is 0.827. The zero-order valence-electron chi connectivity index (χ0n) is 14.7. The summed E-state index contributed by atoms with van der Waals surface area (Å²) in [5.41, 5.74) is 2.39. The van der Waals surface area contributed by atoms with Gasteiger partial charge in [-0.25, -0.2) is 8.42 Å². The number of ether oxygens (including phenoxy) is 1. The maximum atomic E-state index is 12.6. The number of methoxy groups -OCH3 is 1. The van der Waals surface area contributed by atoms with Crippen LogP contribution in [0, 0.1) is 13.8 Å². The van der Waals surface area contributed by atoms with Crippen molar-refractivity contribution in [3.8, 4) is 5.75 Å². The topological polar surface area (TPSA) is 84.5 Å². The maximum absolute atomic E-state index is 12.6. The maximum Gasteiger partial charge on any atom is 0.244 e. The molecule has 7 heteroatoms. The first-order chi connectivity index (χ1) is 11.7. The molecule has 0 aromatic heterocycles. The first kappa shape index (κ1) is 19.0. The van der Waals surface area contributed by atoms with Crippen LogP contribution >= 0.6 is 0 Å². The van der Waals surface area contributed by atoms with Gasteiger partial charge in [-0.3, -0.25) is 4.79 Å². The largest absolute Gasteiger partial charge is 0.495 e. The van der Waals surface area contributed by atoms with Crippen LogP contribution in [-0.4, -0.2) is 27.5 Å².